The number of hydrogen-bond donors (Lipinski definition) is 2. The first-order valence-electron chi connectivity index (χ1n) is 5.75. The molecule has 6 heteroatoms. The lowest BCUT2D eigenvalue weighted by Gasteiger charge is -2.11. The highest BCUT2D eigenvalue weighted by molar-refractivity contribution is 9.10. The number of carbonyl (C=O) groups is 1. The van der Waals surface area contributed by atoms with Gasteiger partial charge in [0.2, 0.25) is 0 Å². The third-order valence-electron chi connectivity index (χ3n) is 2.67. The molecule has 2 aromatic carbocycles. The van der Waals surface area contributed by atoms with Crippen LogP contribution in [0.15, 0.2) is 40.9 Å². The van der Waals surface area contributed by atoms with Gasteiger partial charge in [0.15, 0.2) is 0 Å². The number of hydrogen-bond acceptors (Lipinski definition) is 2. The Morgan fingerprint density at radius 1 is 1.20 bits per heavy atom. The Morgan fingerprint density at radius 2 is 1.90 bits per heavy atom. The number of benzene rings is 2. The topological polar surface area (TPSA) is 41.1 Å². The van der Waals surface area contributed by atoms with Crippen LogP contribution in [-0.4, -0.2) is 13.0 Å². The molecule has 0 bridgehead atoms. The van der Waals surface area contributed by atoms with Gasteiger partial charge in [-0.2, -0.15) is 0 Å². The van der Waals surface area contributed by atoms with Gasteiger partial charge in [-0.15, -0.1) is 0 Å². The maximum atomic E-state index is 13.7. The molecule has 0 radical (unpaired) electrons. The Labute approximate surface area is 129 Å². The van der Waals surface area contributed by atoms with Crippen molar-refractivity contribution in [3.05, 3.63) is 57.3 Å². The number of rotatable bonds is 3. The number of amides is 1. The fourth-order valence-electron chi connectivity index (χ4n) is 1.70. The predicted octanol–water partition coefficient (Wildman–Crippen LogP) is 4.54. The summed E-state index contributed by atoms with van der Waals surface area (Å²) in [5.74, 6) is -0.946. The van der Waals surface area contributed by atoms with Crippen LogP contribution in [0.4, 0.5) is 15.8 Å². The molecule has 2 N–H and O–H groups in total. The minimum absolute atomic E-state index is 0.111. The van der Waals surface area contributed by atoms with E-state index in [1.54, 1.807) is 25.2 Å². The summed E-state index contributed by atoms with van der Waals surface area (Å²) in [5.41, 5.74) is 1.08. The normalized spacial score (nSPS) is 10.2. The lowest BCUT2D eigenvalue weighted by molar-refractivity contribution is 0.102. The van der Waals surface area contributed by atoms with E-state index in [9.17, 15) is 9.18 Å². The molecule has 0 unspecified atom stereocenters. The Kier molecular flexibility index (Phi) is 4.62. The van der Waals surface area contributed by atoms with Gasteiger partial charge in [0.25, 0.3) is 5.91 Å². The zero-order chi connectivity index (χ0) is 14.7. The van der Waals surface area contributed by atoms with Gasteiger partial charge in [-0.3, -0.25) is 4.79 Å². The molecule has 104 valence electrons. The van der Waals surface area contributed by atoms with Crippen LogP contribution in [0, 0.1) is 5.82 Å². The molecule has 1 amide bonds. The number of carbonyl (C=O) groups excluding carboxylic acids is 1. The second kappa shape index (κ2) is 6.24. The van der Waals surface area contributed by atoms with Gasteiger partial charge in [-0.1, -0.05) is 27.5 Å². The van der Waals surface area contributed by atoms with Crippen LogP contribution in [0.25, 0.3) is 0 Å². The van der Waals surface area contributed by atoms with Gasteiger partial charge < -0.3 is 10.6 Å². The van der Waals surface area contributed by atoms with Crippen molar-refractivity contribution >= 4 is 44.8 Å². The largest absolute Gasteiger partial charge is 0.387 e. The Bertz CT molecular complexity index is 664. The summed E-state index contributed by atoms with van der Waals surface area (Å²) in [6.45, 7) is 0. The van der Waals surface area contributed by atoms with Crippen molar-refractivity contribution in [2.75, 3.05) is 17.7 Å². The number of anilines is 2. The minimum atomic E-state index is -0.513. The molecule has 0 heterocycles. The Balaban J connectivity index is 2.30. The van der Waals surface area contributed by atoms with Gasteiger partial charge in [0.05, 0.1) is 11.3 Å². The summed E-state index contributed by atoms with van der Waals surface area (Å²) in [6.07, 6.45) is 0. The van der Waals surface area contributed by atoms with Crippen LogP contribution < -0.4 is 10.6 Å². The molecule has 0 spiro atoms. The lowest BCUT2D eigenvalue weighted by Crippen LogP contribution is -2.15. The first-order valence-corrected chi connectivity index (χ1v) is 6.92. The fourth-order valence-corrected chi connectivity index (χ4v) is 2.21. The average Bonchev–Trinajstić information content (AvgIpc) is 2.41. The molecule has 3 nitrogen and oxygen atoms in total. The second-order valence-corrected chi connectivity index (χ2v) is 5.37. The molecule has 0 saturated carbocycles. The first-order chi connectivity index (χ1) is 9.51. The number of halogens is 3. The quantitative estimate of drug-likeness (QED) is 0.847. The van der Waals surface area contributed by atoms with Crippen molar-refractivity contribution in [1.29, 1.82) is 0 Å². The van der Waals surface area contributed by atoms with E-state index in [1.807, 2.05) is 0 Å². The van der Waals surface area contributed by atoms with Crippen molar-refractivity contribution < 1.29 is 9.18 Å². The molecule has 0 atom stereocenters. The second-order valence-electron chi connectivity index (χ2n) is 4.02. The van der Waals surface area contributed by atoms with E-state index in [1.165, 1.54) is 18.2 Å². The first kappa shape index (κ1) is 14.8. The summed E-state index contributed by atoms with van der Waals surface area (Å²) in [4.78, 5) is 12.2. The summed E-state index contributed by atoms with van der Waals surface area (Å²) in [5, 5.41) is 5.85. The molecule has 2 aromatic rings. The smallest absolute Gasteiger partial charge is 0.257 e. The molecule has 2 rings (SSSR count). The van der Waals surface area contributed by atoms with Crippen molar-refractivity contribution in [1.82, 2.24) is 0 Å². The molecule has 0 fully saturated rings. The van der Waals surface area contributed by atoms with Gasteiger partial charge in [-0.25, -0.2) is 4.39 Å². The van der Waals surface area contributed by atoms with E-state index in [0.717, 1.165) is 0 Å². The van der Waals surface area contributed by atoms with E-state index in [2.05, 4.69) is 26.6 Å². The molecule has 20 heavy (non-hydrogen) atoms. The molecule has 0 aromatic heterocycles. The molecule has 0 aliphatic heterocycles. The van der Waals surface area contributed by atoms with E-state index in [4.69, 9.17) is 11.6 Å². The maximum Gasteiger partial charge on any atom is 0.257 e. The van der Waals surface area contributed by atoms with Crippen LogP contribution >= 0.6 is 27.5 Å². The lowest BCUT2D eigenvalue weighted by atomic mass is 10.1. The third kappa shape index (κ3) is 3.29. The SMILES string of the molecule is CNc1ccc(Cl)cc1C(=O)Nc1ccc(Br)cc1F. The van der Waals surface area contributed by atoms with Crippen molar-refractivity contribution in [2.24, 2.45) is 0 Å². The summed E-state index contributed by atoms with van der Waals surface area (Å²) in [7, 11) is 1.69. The Morgan fingerprint density at radius 3 is 2.55 bits per heavy atom. The molecule has 0 aliphatic rings. The monoisotopic (exact) mass is 356 g/mol. The van der Waals surface area contributed by atoms with Crippen LogP contribution in [-0.2, 0) is 0 Å². The molecular formula is C14H11BrClFN2O. The van der Waals surface area contributed by atoms with Crippen LogP contribution in [0.1, 0.15) is 10.4 Å². The summed E-state index contributed by atoms with van der Waals surface area (Å²) >= 11 is 9.04. The predicted molar refractivity (Wildman–Crippen MR) is 83.1 cm³/mol. The van der Waals surface area contributed by atoms with Crippen LogP contribution in [0.3, 0.4) is 0 Å². The highest BCUT2D eigenvalue weighted by Gasteiger charge is 2.13. The van der Waals surface area contributed by atoms with E-state index >= 15 is 0 Å². The maximum absolute atomic E-state index is 13.7. The highest BCUT2D eigenvalue weighted by atomic mass is 79.9. The van der Waals surface area contributed by atoms with Gasteiger partial charge in [0.1, 0.15) is 5.82 Å². The van der Waals surface area contributed by atoms with E-state index in [0.29, 0.717) is 20.7 Å². The van der Waals surface area contributed by atoms with Crippen LogP contribution in [0.5, 0.6) is 0 Å². The Hall–Kier alpha value is -1.59. The molecule has 0 aliphatic carbocycles. The highest BCUT2D eigenvalue weighted by Crippen LogP contribution is 2.24. The van der Waals surface area contributed by atoms with Crippen molar-refractivity contribution in [2.45, 2.75) is 0 Å². The van der Waals surface area contributed by atoms with Crippen molar-refractivity contribution in [3.63, 3.8) is 0 Å². The zero-order valence-electron chi connectivity index (χ0n) is 10.5. The molecular weight excluding hydrogens is 347 g/mol. The summed E-state index contributed by atoms with van der Waals surface area (Å²) < 4.78 is 14.3. The average molecular weight is 358 g/mol. The third-order valence-corrected chi connectivity index (χ3v) is 3.40. The van der Waals surface area contributed by atoms with E-state index < -0.39 is 11.7 Å². The summed E-state index contributed by atoms with van der Waals surface area (Å²) in [6, 6.07) is 9.31. The van der Waals surface area contributed by atoms with Gasteiger partial charge >= 0.3 is 0 Å². The van der Waals surface area contributed by atoms with Crippen LogP contribution in [0.2, 0.25) is 5.02 Å². The number of nitrogens with one attached hydrogen (secondary N) is 2. The standard InChI is InChI=1S/C14H11BrClFN2O/c1-18-12-5-3-9(16)7-10(12)14(20)19-13-4-2-8(15)6-11(13)17/h2-7,18H,1H3,(H,19,20). The van der Waals surface area contributed by atoms with Gasteiger partial charge in [-0.05, 0) is 36.4 Å². The van der Waals surface area contributed by atoms with Gasteiger partial charge in [0, 0.05) is 22.2 Å². The zero-order valence-corrected chi connectivity index (χ0v) is 12.8. The minimum Gasteiger partial charge on any atom is -0.387 e. The van der Waals surface area contributed by atoms with E-state index in [-0.39, 0.29) is 5.69 Å². The fraction of sp³-hybridized carbons (Fsp3) is 0.0714. The molecule has 0 saturated heterocycles. The van der Waals surface area contributed by atoms with Crippen molar-refractivity contribution in [3.8, 4) is 0 Å².